The number of hydrogen-bond donors (Lipinski definition) is 1. The first-order valence-electron chi connectivity index (χ1n) is 12.9. The molecular formula is C28H31F2N5O3S. The van der Waals surface area contributed by atoms with Crippen molar-refractivity contribution >= 4 is 15.9 Å². The van der Waals surface area contributed by atoms with Crippen molar-refractivity contribution in [2.24, 2.45) is 11.8 Å². The van der Waals surface area contributed by atoms with Crippen molar-refractivity contribution in [3.63, 3.8) is 0 Å². The van der Waals surface area contributed by atoms with Crippen LogP contribution in [0.15, 0.2) is 59.8 Å². The van der Waals surface area contributed by atoms with Crippen molar-refractivity contribution in [1.82, 2.24) is 24.5 Å². The molecule has 39 heavy (non-hydrogen) atoms. The van der Waals surface area contributed by atoms with Gasteiger partial charge in [-0.3, -0.25) is 4.79 Å². The zero-order valence-electron chi connectivity index (χ0n) is 21.8. The number of halogens is 2. The lowest BCUT2D eigenvalue weighted by molar-refractivity contribution is 0.0771. The van der Waals surface area contributed by atoms with Gasteiger partial charge in [-0.2, -0.15) is 0 Å². The Morgan fingerprint density at radius 3 is 2.23 bits per heavy atom. The minimum atomic E-state index is -4.09. The van der Waals surface area contributed by atoms with Crippen LogP contribution in [0.5, 0.6) is 0 Å². The van der Waals surface area contributed by atoms with E-state index in [0.29, 0.717) is 60.9 Å². The van der Waals surface area contributed by atoms with Crippen molar-refractivity contribution in [2.45, 2.75) is 31.2 Å². The average Bonchev–Trinajstić information content (AvgIpc) is 3.47. The molecule has 2 aliphatic heterocycles. The smallest absolute Gasteiger partial charge is 0.257 e. The zero-order chi connectivity index (χ0) is 27.7. The molecule has 0 spiro atoms. The predicted molar refractivity (Wildman–Crippen MR) is 141 cm³/mol. The Morgan fingerprint density at radius 1 is 0.974 bits per heavy atom. The van der Waals surface area contributed by atoms with Gasteiger partial charge < -0.3 is 9.80 Å². The summed E-state index contributed by atoms with van der Waals surface area (Å²) in [5, 5.41) is 0. The molecule has 0 bridgehead atoms. The minimum Gasteiger partial charge on any atom is -0.338 e. The van der Waals surface area contributed by atoms with Crippen molar-refractivity contribution < 1.29 is 22.0 Å². The molecule has 2 aliphatic rings. The van der Waals surface area contributed by atoms with Gasteiger partial charge in [0.15, 0.2) is 11.6 Å². The maximum Gasteiger partial charge on any atom is 0.257 e. The first-order chi connectivity index (χ1) is 18.6. The first-order valence-corrected chi connectivity index (χ1v) is 14.4. The third-order valence-electron chi connectivity index (χ3n) is 7.72. The Morgan fingerprint density at radius 2 is 1.62 bits per heavy atom. The highest BCUT2D eigenvalue weighted by atomic mass is 32.2. The van der Waals surface area contributed by atoms with E-state index in [0.717, 1.165) is 30.8 Å². The fourth-order valence-electron chi connectivity index (χ4n) is 5.69. The number of aryl methyl sites for hydroxylation is 2. The summed E-state index contributed by atoms with van der Waals surface area (Å²) < 4.78 is 55.9. The van der Waals surface area contributed by atoms with Crippen LogP contribution in [-0.4, -0.2) is 66.8 Å². The summed E-state index contributed by atoms with van der Waals surface area (Å²) in [7, 11) is -4.09. The van der Waals surface area contributed by atoms with E-state index in [9.17, 15) is 22.0 Å². The maximum absolute atomic E-state index is 13.7. The van der Waals surface area contributed by atoms with E-state index in [4.69, 9.17) is 0 Å². The highest BCUT2D eigenvalue weighted by molar-refractivity contribution is 7.89. The normalized spacial score (nSPS) is 20.3. The predicted octanol–water partition coefficient (Wildman–Crippen LogP) is 3.49. The second-order valence-corrected chi connectivity index (χ2v) is 12.1. The van der Waals surface area contributed by atoms with Crippen LogP contribution in [-0.2, 0) is 10.0 Å². The Kier molecular flexibility index (Phi) is 7.75. The molecular weight excluding hydrogens is 524 g/mol. The molecule has 0 radical (unpaired) electrons. The number of amides is 1. The van der Waals surface area contributed by atoms with Gasteiger partial charge in [-0.25, -0.2) is 31.9 Å². The molecule has 0 aliphatic carbocycles. The number of nitrogens with zero attached hydrogens (tertiary/aromatic N) is 4. The molecule has 3 heterocycles. The number of sulfonamides is 1. The summed E-state index contributed by atoms with van der Waals surface area (Å²) in [6, 6.07) is 11.2. The van der Waals surface area contributed by atoms with E-state index in [-0.39, 0.29) is 10.8 Å². The molecule has 2 aromatic carbocycles. The van der Waals surface area contributed by atoms with Gasteiger partial charge in [-0.1, -0.05) is 30.3 Å². The number of rotatable bonds is 8. The topological polar surface area (TPSA) is 95.5 Å². The third kappa shape index (κ3) is 5.85. The van der Waals surface area contributed by atoms with Crippen molar-refractivity contribution in [3.05, 3.63) is 89.0 Å². The van der Waals surface area contributed by atoms with E-state index < -0.39 is 27.7 Å². The molecule has 2 saturated heterocycles. The lowest BCUT2D eigenvalue weighted by Crippen LogP contribution is -2.36. The second kappa shape index (κ2) is 11.1. The number of nitrogens with one attached hydrogen (secondary N) is 1. The molecule has 3 atom stereocenters. The van der Waals surface area contributed by atoms with Crippen LogP contribution in [0.2, 0.25) is 0 Å². The number of benzene rings is 2. The molecule has 1 amide bonds. The molecule has 2 unspecified atom stereocenters. The molecule has 2 fully saturated rings. The number of carbonyl (C=O) groups excluding carboxylic acids is 1. The van der Waals surface area contributed by atoms with E-state index in [1.54, 1.807) is 0 Å². The van der Waals surface area contributed by atoms with Crippen molar-refractivity contribution in [1.29, 1.82) is 0 Å². The zero-order valence-corrected chi connectivity index (χ0v) is 22.7. The molecule has 206 valence electrons. The number of aromatic nitrogens is 2. The average molecular weight is 556 g/mol. The summed E-state index contributed by atoms with van der Waals surface area (Å²) in [5.74, 6) is -1.66. The maximum atomic E-state index is 13.7. The van der Waals surface area contributed by atoms with Crippen LogP contribution in [0, 0.1) is 37.3 Å². The monoisotopic (exact) mass is 555 g/mol. The van der Waals surface area contributed by atoms with Crippen LogP contribution >= 0.6 is 0 Å². The van der Waals surface area contributed by atoms with Gasteiger partial charge in [-0.05, 0) is 55.9 Å². The third-order valence-corrected chi connectivity index (χ3v) is 9.19. The van der Waals surface area contributed by atoms with Gasteiger partial charge in [-0.15, -0.1) is 0 Å². The Bertz CT molecular complexity index is 1440. The van der Waals surface area contributed by atoms with Gasteiger partial charge in [0.05, 0.1) is 21.8 Å². The Hall–Kier alpha value is -3.28. The van der Waals surface area contributed by atoms with E-state index in [2.05, 4.69) is 19.6 Å². The van der Waals surface area contributed by atoms with Gasteiger partial charge in [0.2, 0.25) is 10.0 Å². The summed E-state index contributed by atoms with van der Waals surface area (Å²) in [6.45, 7) is 7.25. The number of fused-ring (bicyclic) bond motifs is 1. The minimum absolute atomic E-state index is 0.0256. The molecule has 8 nitrogen and oxygen atoms in total. The van der Waals surface area contributed by atoms with E-state index >= 15 is 0 Å². The molecule has 1 N–H and O–H groups in total. The Balaban J connectivity index is 1.23. The highest BCUT2D eigenvalue weighted by Crippen LogP contribution is 2.33. The van der Waals surface area contributed by atoms with E-state index in [1.165, 1.54) is 6.33 Å². The molecule has 0 saturated carbocycles. The lowest BCUT2D eigenvalue weighted by atomic mass is 10.0. The second-order valence-electron chi connectivity index (χ2n) is 10.4. The highest BCUT2D eigenvalue weighted by Gasteiger charge is 2.42. The summed E-state index contributed by atoms with van der Waals surface area (Å²) >= 11 is 0. The largest absolute Gasteiger partial charge is 0.338 e. The van der Waals surface area contributed by atoms with Gasteiger partial charge >= 0.3 is 0 Å². The van der Waals surface area contributed by atoms with E-state index in [1.807, 2.05) is 49.1 Å². The number of likely N-dealkylation sites (tertiary alicyclic amines) is 2. The number of hydrogen-bond acceptors (Lipinski definition) is 6. The number of carbonyl (C=O) groups is 1. The van der Waals surface area contributed by atoms with Crippen LogP contribution in [0.4, 0.5) is 8.78 Å². The quantitative estimate of drug-likeness (QED) is 0.457. The summed E-state index contributed by atoms with van der Waals surface area (Å²) in [6.07, 6.45) is 1.97. The summed E-state index contributed by atoms with van der Waals surface area (Å²) in [4.78, 5) is 25.4. The van der Waals surface area contributed by atoms with Crippen molar-refractivity contribution in [3.8, 4) is 0 Å². The Labute approximate surface area is 227 Å². The fraction of sp³-hybridized carbons (Fsp3) is 0.393. The van der Waals surface area contributed by atoms with Gasteiger partial charge in [0.1, 0.15) is 6.33 Å². The van der Waals surface area contributed by atoms with Crippen LogP contribution in [0.3, 0.4) is 0 Å². The standard InChI is InChI=1S/C28H31F2N5O3S/c1-18-27(19(2)32-17-31-18)28(36)35-15-21-13-34(14-22(21)16-35)11-10-26(20-6-4-3-5-7-20)33-39(37,38)23-8-9-24(29)25(30)12-23/h3-9,12,17,21-22,26,33H,10-11,13-16H2,1-2H3/t21-,22?,26?/m0/s1. The first kappa shape index (κ1) is 27.3. The fourth-order valence-corrected chi connectivity index (χ4v) is 6.96. The molecule has 3 aromatic rings. The van der Waals surface area contributed by atoms with Crippen LogP contribution in [0.25, 0.3) is 0 Å². The van der Waals surface area contributed by atoms with Gasteiger partial charge in [0.25, 0.3) is 5.91 Å². The van der Waals surface area contributed by atoms with Crippen molar-refractivity contribution in [2.75, 3.05) is 32.7 Å². The van der Waals surface area contributed by atoms with Crippen LogP contribution < -0.4 is 4.72 Å². The van der Waals surface area contributed by atoms with Gasteiger partial charge in [0, 0.05) is 38.8 Å². The summed E-state index contributed by atoms with van der Waals surface area (Å²) in [5.41, 5.74) is 2.73. The SMILES string of the molecule is Cc1ncnc(C)c1C(=O)N1CC2CN(CCC(NS(=O)(=O)c3ccc(F)c(F)c3)c3ccccc3)C[C@H]2C1. The van der Waals surface area contributed by atoms with Crippen LogP contribution in [0.1, 0.15) is 39.8 Å². The molecule has 11 heteroatoms. The molecule has 5 rings (SSSR count). The lowest BCUT2D eigenvalue weighted by Gasteiger charge is -2.25. The molecule has 1 aromatic heterocycles.